The number of carbonyl (C=O) groups excluding carboxylic acids is 1. The van der Waals surface area contributed by atoms with Crippen LogP contribution in [0.5, 0.6) is 0 Å². The summed E-state index contributed by atoms with van der Waals surface area (Å²) in [5.74, 6) is 0. The number of nitrogens with zero attached hydrogens (tertiary/aromatic N) is 1. The van der Waals surface area contributed by atoms with Crippen molar-refractivity contribution in [2.24, 2.45) is 5.41 Å². The van der Waals surface area contributed by atoms with Crippen LogP contribution in [0, 0.1) is 11.5 Å². The van der Waals surface area contributed by atoms with Gasteiger partial charge in [0.05, 0.1) is 11.1 Å². The molecule has 4 heteroatoms. The first-order valence-corrected chi connectivity index (χ1v) is 7.94. The van der Waals surface area contributed by atoms with Crippen LogP contribution in [-0.4, -0.2) is 35.8 Å². The van der Waals surface area contributed by atoms with Crippen molar-refractivity contribution in [3.63, 3.8) is 0 Å². The summed E-state index contributed by atoms with van der Waals surface area (Å²) < 4.78 is 0. The van der Waals surface area contributed by atoms with Crippen molar-refractivity contribution in [2.45, 2.75) is 33.1 Å². The summed E-state index contributed by atoms with van der Waals surface area (Å²) in [7, 11) is 0. The van der Waals surface area contributed by atoms with Crippen LogP contribution in [0.15, 0.2) is 29.5 Å². The Bertz CT molecular complexity index is 497. The lowest BCUT2D eigenvalue weighted by molar-refractivity contribution is -0.104. The molecule has 2 aliphatic rings. The molecule has 1 fully saturated rings. The monoisotopic (exact) mass is 303 g/mol. The van der Waals surface area contributed by atoms with E-state index < -0.39 is 0 Å². The van der Waals surface area contributed by atoms with Crippen LogP contribution >= 0.6 is 12.2 Å². The number of hydrogen-bond donors (Lipinski definition) is 1. The molecule has 0 aromatic heterocycles. The SMILES string of the molecule is CC(C)(CNC1=CC=C[C+]=C1C=O)C(=S)N1CCCCC1. The maximum Gasteiger partial charge on any atom is 0.241 e. The number of rotatable bonds is 5. The van der Waals surface area contributed by atoms with E-state index in [1.807, 2.05) is 12.2 Å². The quantitative estimate of drug-likeness (QED) is 0.481. The average Bonchev–Trinajstić information content (AvgIpc) is 2.53. The fraction of sp³-hybridized carbons (Fsp3) is 0.529. The van der Waals surface area contributed by atoms with Crippen LogP contribution in [-0.2, 0) is 4.79 Å². The van der Waals surface area contributed by atoms with Crippen molar-refractivity contribution < 1.29 is 4.79 Å². The molecule has 1 aliphatic carbocycles. The summed E-state index contributed by atoms with van der Waals surface area (Å²) in [6.45, 7) is 7.16. The minimum absolute atomic E-state index is 0.122. The molecule has 0 bridgehead atoms. The Hall–Kier alpha value is -1.51. The summed E-state index contributed by atoms with van der Waals surface area (Å²) in [6, 6.07) is 0. The first-order valence-electron chi connectivity index (χ1n) is 7.54. The molecule has 0 radical (unpaired) electrons. The van der Waals surface area contributed by atoms with E-state index in [0.717, 1.165) is 30.1 Å². The van der Waals surface area contributed by atoms with Gasteiger partial charge in [0.15, 0.2) is 0 Å². The van der Waals surface area contributed by atoms with E-state index >= 15 is 0 Å². The zero-order valence-electron chi connectivity index (χ0n) is 12.8. The summed E-state index contributed by atoms with van der Waals surface area (Å²) in [5.41, 5.74) is 1.27. The highest BCUT2D eigenvalue weighted by Crippen LogP contribution is 2.23. The average molecular weight is 303 g/mol. The van der Waals surface area contributed by atoms with Crippen molar-refractivity contribution in [3.8, 4) is 0 Å². The maximum atomic E-state index is 11.0. The van der Waals surface area contributed by atoms with Gasteiger partial charge < -0.3 is 10.2 Å². The van der Waals surface area contributed by atoms with Crippen molar-refractivity contribution in [1.29, 1.82) is 0 Å². The van der Waals surface area contributed by atoms with Gasteiger partial charge in [-0.05, 0) is 19.3 Å². The van der Waals surface area contributed by atoms with Gasteiger partial charge in [-0.25, -0.2) is 4.79 Å². The second-order valence-corrected chi connectivity index (χ2v) is 6.59. The molecule has 3 nitrogen and oxygen atoms in total. The molecular formula is C17H23N2OS+. The number of allylic oxidation sites excluding steroid dienone is 5. The minimum Gasteiger partial charge on any atom is -0.366 e. The van der Waals surface area contributed by atoms with Gasteiger partial charge >= 0.3 is 0 Å². The Morgan fingerprint density at radius 2 is 2.14 bits per heavy atom. The van der Waals surface area contributed by atoms with E-state index in [1.54, 1.807) is 6.08 Å². The Labute approximate surface area is 132 Å². The van der Waals surface area contributed by atoms with E-state index in [0.29, 0.717) is 12.1 Å². The standard InChI is InChI=1S/C17H22N2OS/c1-17(2,16(21)19-10-6-3-7-11-19)13-18-15-9-5-4-8-14(15)12-20/h4-5,9,12H,3,6-7,10-11,13H2,1-2H3/p+1. The second kappa shape index (κ2) is 6.97. The predicted octanol–water partition coefficient (Wildman–Crippen LogP) is 2.80. The molecule has 112 valence electrons. The Morgan fingerprint density at radius 1 is 1.43 bits per heavy atom. The molecule has 0 aromatic rings. The zero-order chi connectivity index (χ0) is 15.3. The molecular weight excluding hydrogens is 280 g/mol. The van der Waals surface area contributed by atoms with E-state index in [-0.39, 0.29) is 5.41 Å². The molecule has 0 spiro atoms. The third-order valence-electron chi connectivity index (χ3n) is 3.95. The highest BCUT2D eigenvalue weighted by Gasteiger charge is 2.30. The van der Waals surface area contributed by atoms with Crippen LogP contribution in [0.1, 0.15) is 33.1 Å². The Kier molecular flexibility index (Phi) is 5.27. The lowest BCUT2D eigenvalue weighted by Gasteiger charge is -2.37. The third kappa shape index (κ3) is 3.99. The normalized spacial score (nSPS) is 18.5. The lowest BCUT2D eigenvalue weighted by Crippen LogP contribution is -2.46. The van der Waals surface area contributed by atoms with Gasteiger partial charge in [0.2, 0.25) is 11.9 Å². The molecule has 1 heterocycles. The van der Waals surface area contributed by atoms with Crippen LogP contribution in [0.4, 0.5) is 0 Å². The first-order chi connectivity index (χ1) is 10.0. The van der Waals surface area contributed by atoms with Gasteiger partial charge in [-0.2, -0.15) is 0 Å². The van der Waals surface area contributed by atoms with Crippen molar-refractivity contribution in [3.05, 3.63) is 35.6 Å². The fourth-order valence-corrected chi connectivity index (χ4v) is 2.87. The van der Waals surface area contributed by atoms with Crippen LogP contribution < -0.4 is 5.32 Å². The van der Waals surface area contributed by atoms with E-state index in [1.165, 1.54) is 19.3 Å². The number of thiocarbonyl (C=S) groups is 1. The molecule has 21 heavy (non-hydrogen) atoms. The number of carbonyl (C=O) groups is 1. The third-order valence-corrected chi connectivity index (χ3v) is 4.76. The smallest absolute Gasteiger partial charge is 0.241 e. The molecule has 0 unspecified atom stereocenters. The van der Waals surface area contributed by atoms with Gasteiger partial charge in [-0.1, -0.05) is 26.1 Å². The molecule has 1 N–H and O–H groups in total. The number of nitrogens with one attached hydrogen (secondary N) is 1. The van der Waals surface area contributed by atoms with Crippen molar-refractivity contribution in [1.82, 2.24) is 10.2 Å². The molecule has 0 aromatic carbocycles. The molecule has 2 rings (SSSR count). The van der Waals surface area contributed by atoms with Crippen LogP contribution in [0.2, 0.25) is 0 Å². The minimum atomic E-state index is -0.122. The van der Waals surface area contributed by atoms with Gasteiger partial charge in [-0.15, -0.1) is 0 Å². The lowest BCUT2D eigenvalue weighted by atomic mass is 9.91. The second-order valence-electron chi connectivity index (χ2n) is 6.21. The van der Waals surface area contributed by atoms with Gasteiger partial charge in [0.1, 0.15) is 5.70 Å². The molecule has 1 saturated heterocycles. The number of piperidine rings is 1. The highest BCUT2D eigenvalue weighted by atomic mass is 32.1. The summed E-state index contributed by atoms with van der Waals surface area (Å²) in [6.07, 6.45) is 13.1. The van der Waals surface area contributed by atoms with Gasteiger partial charge in [0.25, 0.3) is 0 Å². The van der Waals surface area contributed by atoms with E-state index in [2.05, 4.69) is 30.1 Å². The number of aldehydes is 1. The van der Waals surface area contributed by atoms with E-state index in [9.17, 15) is 4.79 Å². The van der Waals surface area contributed by atoms with E-state index in [4.69, 9.17) is 12.2 Å². The molecule has 0 amide bonds. The molecule has 0 atom stereocenters. The fourth-order valence-electron chi connectivity index (χ4n) is 2.62. The van der Waals surface area contributed by atoms with Crippen molar-refractivity contribution >= 4 is 23.5 Å². The topological polar surface area (TPSA) is 32.3 Å². The van der Waals surface area contributed by atoms with Gasteiger partial charge in [0, 0.05) is 43.3 Å². The zero-order valence-corrected chi connectivity index (χ0v) is 13.6. The Morgan fingerprint density at radius 3 is 2.81 bits per heavy atom. The largest absolute Gasteiger partial charge is 0.366 e. The van der Waals surface area contributed by atoms with Gasteiger partial charge in [-0.3, -0.25) is 0 Å². The first kappa shape index (κ1) is 15.9. The predicted molar refractivity (Wildman–Crippen MR) is 89.8 cm³/mol. The number of hydrogen-bond acceptors (Lipinski definition) is 3. The summed E-state index contributed by atoms with van der Waals surface area (Å²) in [5, 5.41) is 3.35. The van der Waals surface area contributed by atoms with Crippen LogP contribution in [0.25, 0.3) is 0 Å². The maximum absolute atomic E-state index is 11.0. The molecule has 0 saturated carbocycles. The number of likely N-dealkylation sites (tertiary alicyclic amines) is 1. The molecule has 1 aliphatic heterocycles. The Balaban J connectivity index is 1.96. The van der Waals surface area contributed by atoms with Crippen molar-refractivity contribution in [2.75, 3.05) is 19.6 Å². The summed E-state index contributed by atoms with van der Waals surface area (Å²) >= 11 is 5.70. The summed E-state index contributed by atoms with van der Waals surface area (Å²) in [4.78, 5) is 14.4. The highest BCUT2D eigenvalue weighted by molar-refractivity contribution is 7.80. The van der Waals surface area contributed by atoms with Crippen LogP contribution in [0.3, 0.4) is 0 Å².